The van der Waals surface area contributed by atoms with E-state index >= 15 is 0 Å². The van der Waals surface area contributed by atoms with Crippen LogP contribution in [-0.2, 0) is 4.79 Å². The van der Waals surface area contributed by atoms with E-state index in [1.807, 2.05) is 0 Å². The van der Waals surface area contributed by atoms with Gasteiger partial charge in [0, 0.05) is 5.92 Å². The normalized spacial score (nSPS) is 19.5. The van der Waals surface area contributed by atoms with E-state index in [1.165, 1.54) is 19.3 Å². The van der Waals surface area contributed by atoms with Gasteiger partial charge in [-0.3, -0.25) is 4.79 Å². The van der Waals surface area contributed by atoms with Gasteiger partial charge in [-0.15, -0.1) is 0 Å². The summed E-state index contributed by atoms with van der Waals surface area (Å²) in [5.41, 5.74) is -0.889. The number of hydrogen-bond acceptors (Lipinski definition) is 3. The van der Waals surface area contributed by atoms with Gasteiger partial charge in [0.25, 0.3) is 0 Å². The smallest absolute Gasteiger partial charge is 0.223 e. The molecule has 1 saturated carbocycles. The molecule has 0 bridgehead atoms. The van der Waals surface area contributed by atoms with Gasteiger partial charge in [-0.25, -0.2) is 0 Å². The van der Waals surface area contributed by atoms with Crippen LogP contribution in [0.1, 0.15) is 51.9 Å². The van der Waals surface area contributed by atoms with E-state index in [-0.39, 0.29) is 25.0 Å². The predicted molar refractivity (Wildman–Crippen MR) is 66.5 cm³/mol. The van der Waals surface area contributed by atoms with Crippen molar-refractivity contribution in [3.05, 3.63) is 0 Å². The molecule has 1 rings (SSSR count). The van der Waals surface area contributed by atoms with Gasteiger partial charge in [-0.05, 0) is 19.8 Å². The summed E-state index contributed by atoms with van der Waals surface area (Å²) in [6, 6.07) is 0. The molecule has 1 aliphatic carbocycles. The fourth-order valence-corrected chi connectivity index (χ4v) is 2.25. The highest BCUT2D eigenvalue weighted by atomic mass is 16.3. The molecule has 0 aliphatic heterocycles. The summed E-state index contributed by atoms with van der Waals surface area (Å²) in [6.45, 7) is 1.19. The molecule has 0 atom stereocenters. The highest BCUT2D eigenvalue weighted by Crippen LogP contribution is 2.23. The lowest BCUT2D eigenvalue weighted by molar-refractivity contribution is -0.128. The zero-order valence-corrected chi connectivity index (χ0v) is 10.7. The molecule has 0 unspecified atom stereocenters. The predicted octanol–water partition coefficient (Wildman–Crippen LogP) is 1.21. The molecule has 0 aromatic rings. The molecule has 3 N–H and O–H groups in total. The molecule has 0 heterocycles. The number of carbonyl (C=O) groups is 1. The number of nitrogens with one attached hydrogen (secondary N) is 1. The first-order valence-corrected chi connectivity index (χ1v) is 6.65. The Labute approximate surface area is 103 Å². The summed E-state index contributed by atoms with van der Waals surface area (Å²) in [7, 11) is 0. The monoisotopic (exact) mass is 243 g/mol. The zero-order chi connectivity index (χ0) is 12.7. The summed E-state index contributed by atoms with van der Waals surface area (Å²) in [4.78, 5) is 12.1. The molecule has 0 aromatic heterocycles. The van der Waals surface area contributed by atoms with Crippen LogP contribution in [0, 0.1) is 5.92 Å². The van der Waals surface area contributed by atoms with Gasteiger partial charge in [0.1, 0.15) is 0 Å². The Bertz CT molecular complexity index is 231. The van der Waals surface area contributed by atoms with E-state index in [2.05, 4.69) is 5.32 Å². The van der Waals surface area contributed by atoms with Crippen molar-refractivity contribution in [2.75, 3.05) is 13.2 Å². The Balaban J connectivity index is 2.49. The number of rotatable bonds is 4. The minimum atomic E-state index is -0.889. The average Bonchev–Trinajstić information content (AvgIpc) is 2.28. The Hall–Kier alpha value is -0.610. The van der Waals surface area contributed by atoms with Crippen LogP contribution in [0.25, 0.3) is 0 Å². The van der Waals surface area contributed by atoms with E-state index < -0.39 is 5.54 Å². The second-order valence-corrected chi connectivity index (χ2v) is 5.41. The van der Waals surface area contributed by atoms with Gasteiger partial charge in [-0.1, -0.05) is 32.1 Å². The molecule has 0 radical (unpaired) electrons. The van der Waals surface area contributed by atoms with E-state index in [9.17, 15) is 4.79 Å². The van der Waals surface area contributed by atoms with Crippen LogP contribution in [0.2, 0.25) is 0 Å². The molecule has 4 heteroatoms. The van der Waals surface area contributed by atoms with Crippen molar-refractivity contribution in [1.29, 1.82) is 0 Å². The van der Waals surface area contributed by atoms with Crippen LogP contribution in [-0.4, -0.2) is 34.9 Å². The van der Waals surface area contributed by atoms with Gasteiger partial charge >= 0.3 is 0 Å². The van der Waals surface area contributed by atoms with Crippen LogP contribution in [0.4, 0.5) is 0 Å². The highest BCUT2D eigenvalue weighted by molar-refractivity contribution is 5.79. The standard InChI is InChI=1S/C13H25NO3/c1-13(9-15,10-16)14-12(17)11-7-5-3-2-4-6-8-11/h11,15-16H,2-10H2,1H3,(H,14,17). The van der Waals surface area contributed by atoms with Crippen LogP contribution in [0.15, 0.2) is 0 Å². The first kappa shape index (κ1) is 14.5. The molecule has 1 amide bonds. The van der Waals surface area contributed by atoms with Crippen LogP contribution in [0.5, 0.6) is 0 Å². The lowest BCUT2D eigenvalue weighted by Gasteiger charge is -2.29. The molecule has 4 nitrogen and oxygen atoms in total. The van der Waals surface area contributed by atoms with E-state index in [0.717, 1.165) is 25.7 Å². The highest BCUT2D eigenvalue weighted by Gasteiger charge is 2.28. The van der Waals surface area contributed by atoms with Gasteiger partial charge in [0.05, 0.1) is 18.8 Å². The maximum atomic E-state index is 12.1. The Morgan fingerprint density at radius 1 is 1.12 bits per heavy atom. The molecule has 1 aliphatic rings. The number of hydrogen-bond donors (Lipinski definition) is 3. The van der Waals surface area contributed by atoms with Crippen molar-refractivity contribution in [1.82, 2.24) is 5.32 Å². The SMILES string of the molecule is CC(CO)(CO)NC(=O)C1CCCCCCC1. The topological polar surface area (TPSA) is 69.6 Å². The van der Waals surface area contributed by atoms with Gasteiger partial charge in [-0.2, -0.15) is 0 Å². The lowest BCUT2D eigenvalue weighted by atomic mass is 9.89. The third-order valence-corrected chi connectivity index (χ3v) is 3.60. The fourth-order valence-electron chi connectivity index (χ4n) is 2.25. The van der Waals surface area contributed by atoms with Crippen LogP contribution >= 0.6 is 0 Å². The van der Waals surface area contributed by atoms with Crippen molar-refractivity contribution in [2.45, 2.75) is 57.4 Å². The summed E-state index contributed by atoms with van der Waals surface area (Å²) < 4.78 is 0. The van der Waals surface area contributed by atoms with E-state index in [4.69, 9.17) is 10.2 Å². The van der Waals surface area contributed by atoms with Gasteiger partial charge < -0.3 is 15.5 Å². The first-order chi connectivity index (χ1) is 8.11. The summed E-state index contributed by atoms with van der Waals surface area (Å²) in [5.74, 6) is 0.0326. The largest absolute Gasteiger partial charge is 0.394 e. The van der Waals surface area contributed by atoms with Crippen molar-refractivity contribution in [3.63, 3.8) is 0 Å². The van der Waals surface area contributed by atoms with Crippen molar-refractivity contribution in [2.24, 2.45) is 5.92 Å². The lowest BCUT2D eigenvalue weighted by Crippen LogP contribution is -2.53. The van der Waals surface area contributed by atoms with Crippen LogP contribution < -0.4 is 5.32 Å². The third-order valence-electron chi connectivity index (χ3n) is 3.60. The molecule has 100 valence electrons. The Kier molecular flexibility index (Phi) is 5.92. The second kappa shape index (κ2) is 6.97. The maximum Gasteiger partial charge on any atom is 0.223 e. The van der Waals surface area contributed by atoms with Crippen LogP contribution in [0.3, 0.4) is 0 Å². The molecular weight excluding hydrogens is 218 g/mol. The summed E-state index contributed by atoms with van der Waals surface area (Å²) in [5, 5.41) is 21.1. The Morgan fingerprint density at radius 3 is 2.06 bits per heavy atom. The fraction of sp³-hybridized carbons (Fsp3) is 0.923. The molecule has 1 fully saturated rings. The third kappa shape index (κ3) is 4.64. The molecular formula is C13H25NO3. The van der Waals surface area contributed by atoms with Gasteiger partial charge in [0.2, 0.25) is 5.91 Å². The minimum absolute atomic E-state index is 0.0162. The van der Waals surface area contributed by atoms with E-state index in [1.54, 1.807) is 6.92 Å². The van der Waals surface area contributed by atoms with Crippen molar-refractivity contribution < 1.29 is 15.0 Å². The van der Waals surface area contributed by atoms with Crippen molar-refractivity contribution in [3.8, 4) is 0 Å². The minimum Gasteiger partial charge on any atom is -0.394 e. The average molecular weight is 243 g/mol. The zero-order valence-electron chi connectivity index (χ0n) is 10.7. The summed E-state index contributed by atoms with van der Waals surface area (Å²) >= 11 is 0. The quantitative estimate of drug-likeness (QED) is 0.695. The molecule has 17 heavy (non-hydrogen) atoms. The summed E-state index contributed by atoms with van der Waals surface area (Å²) in [6.07, 6.45) is 7.76. The molecule has 0 spiro atoms. The first-order valence-electron chi connectivity index (χ1n) is 6.65. The maximum absolute atomic E-state index is 12.1. The number of aliphatic hydroxyl groups excluding tert-OH is 2. The number of aliphatic hydroxyl groups is 2. The number of carbonyl (C=O) groups excluding carboxylic acids is 1. The molecule has 0 saturated heterocycles. The van der Waals surface area contributed by atoms with Gasteiger partial charge in [0.15, 0.2) is 0 Å². The van der Waals surface area contributed by atoms with E-state index in [0.29, 0.717) is 0 Å². The van der Waals surface area contributed by atoms with Crippen molar-refractivity contribution >= 4 is 5.91 Å². The Morgan fingerprint density at radius 2 is 1.59 bits per heavy atom. The second-order valence-electron chi connectivity index (χ2n) is 5.41. The number of amides is 1. The molecule has 0 aromatic carbocycles.